The summed E-state index contributed by atoms with van der Waals surface area (Å²) in [6.45, 7) is -1.53. The maximum atomic E-state index is 12.0. The maximum Gasteiger partial charge on any atom is 0.405 e. The van der Waals surface area contributed by atoms with E-state index in [1.165, 1.54) is 13.2 Å². The van der Waals surface area contributed by atoms with Crippen LogP contribution < -0.4 is 20.5 Å². The number of carbonyl (C=O) groups is 1. The minimum atomic E-state index is -4.57. The van der Waals surface area contributed by atoms with E-state index in [9.17, 15) is 26.4 Å². The van der Waals surface area contributed by atoms with Gasteiger partial charge in [-0.3, -0.25) is 0 Å². The maximum absolute atomic E-state index is 12.0. The van der Waals surface area contributed by atoms with Crippen LogP contribution >= 0.6 is 0 Å². The summed E-state index contributed by atoms with van der Waals surface area (Å²) in [5, 5.41) is 8.54. The second-order valence-corrected chi connectivity index (χ2v) is 5.39. The minimum absolute atomic E-state index is 0.0598. The van der Waals surface area contributed by atoms with Gasteiger partial charge in [0.05, 0.1) is 17.7 Å². The quantitative estimate of drug-likeness (QED) is 0.767. The standard InChI is InChI=1S/C10H12F3N3O4S/c1-20-8-3-2-6(21(14,18)19)4-7(8)16-9(17)15-5-10(11,12)13/h2-4H,5H2,1H3,(H2,14,18,19)(H2,15,16,17). The molecule has 2 amide bonds. The number of amides is 2. The third-order valence-electron chi connectivity index (χ3n) is 2.20. The molecular formula is C10H12F3N3O4S. The monoisotopic (exact) mass is 327 g/mol. The number of methoxy groups -OCH3 is 1. The Balaban J connectivity index is 2.93. The van der Waals surface area contributed by atoms with Gasteiger partial charge in [0.25, 0.3) is 0 Å². The molecule has 21 heavy (non-hydrogen) atoms. The van der Waals surface area contributed by atoms with E-state index in [-0.39, 0.29) is 16.3 Å². The van der Waals surface area contributed by atoms with Crippen LogP contribution in [-0.2, 0) is 10.0 Å². The molecule has 0 aliphatic rings. The topological polar surface area (TPSA) is 111 Å². The number of sulfonamides is 1. The summed E-state index contributed by atoms with van der Waals surface area (Å²) in [6, 6.07) is 2.14. The molecule has 1 aromatic rings. The van der Waals surface area contributed by atoms with Gasteiger partial charge in [0.15, 0.2) is 0 Å². The van der Waals surface area contributed by atoms with Gasteiger partial charge in [-0.25, -0.2) is 18.4 Å². The first kappa shape index (κ1) is 17.0. The summed E-state index contributed by atoms with van der Waals surface area (Å²) in [4.78, 5) is 11.0. The molecule has 1 aromatic carbocycles. The van der Waals surface area contributed by atoms with Gasteiger partial charge in [0.2, 0.25) is 10.0 Å². The van der Waals surface area contributed by atoms with Crippen molar-refractivity contribution < 1.29 is 31.1 Å². The van der Waals surface area contributed by atoms with Gasteiger partial charge in [0.1, 0.15) is 12.3 Å². The van der Waals surface area contributed by atoms with Crippen LogP contribution in [0, 0.1) is 0 Å². The molecule has 0 spiro atoms. The molecule has 0 fully saturated rings. The molecule has 0 unspecified atom stereocenters. The average molecular weight is 327 g/mol. The lowest BCUT2D eigenvalue weighted by Gasteiger charge is -2.13. The Morgan fingerprint density at radius 2 is 2.00 bits per heavy atom. The number of hydrogen-bond acceptors (Lipinski definition) is 4. The predicted octanol–water partition coefficient (Wildman–Crippen LogP) is 1.03. The number of hydrogen-bond donors (Lipinski definition) is 3. The Kier molecular flexibility index (Phi) is 5.01. The molecule has 0 bridgehead atoms. The van der Waals surface area contributed by atoms with Crippen molar-refractivity contribution in [3.05, 3.63) is 18.2 Å². The largest absolute Gasteiger partial charge is 0.495 e. The Morgan fingerprint density at radius 3 is 2.48 bits per heavy atom. The third-order valence-corrected chi connectivity index (χ3v) is 3.11. The lowest BCUT2D eigenvalue weighted by atomic mass is 10.3. The molecule has 118 valence electrons. The molecule has 0 aliphatic carbocycles. The van der Waals surface area contributed by atoms with E-state index >= 15 is 0 Å². The van der Waals surface area contributed by atoms with Crippen molar-refractivity contribution in [1.29, 1.82) is 0 Å². The van der Waals surface area contributed by atoms with Gasteiger partial charge in [-0.05, 0) is 18.2 Å². The van der Waals surface area contributed by atoms with Crippen LogP contribution in [0.15, 0.2) is 23.1 Å². The summed E-state index contributed by atoms with van der Waals surface area (Å²) >= 11 is 0. The highest BCUT2D eigenvalue weighted by molar-refractivity contribution is 7.89. The first-order chi connectivity index (χ1) is 9.53. The number of ether oxygens (including phenoxy) is 1. The SMILES string of the molecule is COc1ccc(S(N)(=O)=O)cc1NC(=O)NCC(F)(F)F. The van der Waals surface area contributed by atoms with Crippen LogP contribution in [0.3, 0.4) is 0 Å². The van der Waals surface area contributed by atoms with E-state index in [0.717, 1.165) is 12.1 Å². The highest BCUT2D eigenvalue weighted by atomic mass is 32.2. The fourth-order valence-electron chi connectivity index (χ4n) is 1.31. The van der Waals surface area contributed by atoms with Crippen molar-refractivity contribution in [3.8, 4) is 5.75 Å². The Labute approximate surface area is 118 Å². The third kappa shape index (κ3) is 5.47. The van der Waals surface area contributed by atoms with Crippen LogP contribution in [0.1, 0.15) is 0 Å². The highest BCUT2D eigenvalue weighted by Crippen LogP contribution is 2.27. The zero-order valence-electron chi connectivity index (χ0n) is 10.7. The number of nitrogens with two attached hydrogens (primary N) is 1. The van der Waals surface area contributed by atoms with Crippen molar-refractivity contribution >= 4 is 21.7 Å². The summed E-state index contributed by atoms with van der Waals surface area (Å²) in [5.41, 5.74) is -0.135. The van der Waals surface area contributed by atoms with Gasteiger partial charge < -0.3 is 15.4 Å². The number of urea groups is 1. The fourth-order valence-corrected chi connectivity index (χ4v) is 1.85. The van der Waals surface area contributed by atoms with Crippen LogP contribution in [0.2, 0.25) is 0 Å². The molecule has 0 radical (unpaired) electrons. The molecule has 0 heterocycles. The second-order valence-electron chi connectivity index (χ2n) is 3.83. The molecule has 0 atom stereocenters. The lowest BCUT2D eigenvalue weighted by molar-refractivity contribution is -0.122. The van der Waals surface area contributed by atoms with E-state index in [1.807, 2.05) is 0 Å². The molecule has 11 heteroatoms. The second kappa shape index (κ2) is 6.18. The van der Waals surface area contributed by atoms with Crippen molar-refractivity contribution in [3.63, 3.8) is 0 Å². The molecule has 0 saturated carbocycles. The van der Waals surface area contributed by atoms with Crippen LogP contribution in [0.4, 0.5) is 23.7 Å². The molecule has 0 aliphatic heterocycles. The van der Waals surface area contributed by atoms with Crippen molar-refractivity contribution in [1.82, 2.24) is 5.32 Å². The Bertz CT molecular complexity index is 631. The molecular weight excluding hydrogens is 315 g/mol. The first-order valence-corrected chi connectivity index (χ1v) is 6.90. The average Bonchev–Trinajstić information content (AvgIpc) is 2.34. The number of anilines is 1. The fraction of sp³-hybridized carbons (Fsp3) is 0.300. The van der Waals surface area contributed by atoms with Crippen molar-refractivity contribution in [2.45, 2.75) is 11.1 Å². The van der Waals surface area contributed by atoms with Gasteiger partial charge in [-0.1, -0.05) is 0 Å². The van der Waals surface area contributed by atoms with E-state index in [1.54, 1.807) is 5.32 Å². The van der Waals surface area contributed by atoms with Gasteiger partial charge in [-0.2, -0.15) is 13.2 Å². The number of rotatable bonds is 4. The smallest absolute Gasteiger partial charge is 0.405 e. The number of benzene rings is 1. The van der Waals surface area contributed by atoms with Gasteiger partial charge in [-0.15, -0.1) is 0 Å². The summed E-state index contributed by atoms with van der Waals surface area (Å²) < 4.78 is 63.1. The summed E-state index contributed by atoms with van der Waals surface area (Å²) in [6.07, 6.45) is -4.57. The summed E-state index contributed by atoms with van der Waals surface area (Å²) in [5.74, 6) is 0.0598. The number of alkyl halides is 3. The van der Waals surface area contributed by atoms with E-state index in [4.69, 9.17) is 9.88 Å². The molecule has 7 nitrogen and oxygen atoms in total. The van der Waals surface area contributed by atoms with Gasteiger partial charge in [0, 0.05) is 0 Å². The normalized spacial score (nSPS) is 11.9. The van der Waals surface area contributed by atoms with Crippen LogP contribution in [-0.4, -0.2) is 34.3 Å². The van der Waals surface area contributed by atoms with Crippen molar-refractivity contribution in [2.75, 3.05) is 19.0 Å². The lowest BCUT2D eigenvalue weighted by Crippen LogP contribution is -2.36. The van der Waals surface area contributed by atoms with E-state index < -0.39 is 28.8 Å². The highest BCUT2D eigenvalue weighted by Gasteiger charge is 2.27. The zero-order valence-corrected chi connectivity index (χ0v) is 11.5. The number of primary sulfonamides is 1. The molecule has 0 aromatic heterocycles. The number of carbonyl (C=O) groups excluding carboxylic acids is 1. The van der Waals surface area contributed by atoms with E-state index in [0.29, 0.717) is 0 Å². The number of halogens is 3. The van der Waals surface area contributed by atoms with Crippen LogP contribution in [0.5, 0.6) is 5.75 Å². The van der Waals surface area contributed by atoms with Crippen LogP contribution in [0.25, 0.3) is 0 Å². The molecule has 1 rings (SSSR count). The minimum Gasteiger partial charge on any atom is -0.495 e. The predicted molar refractivity (Wildman–Crippen MR) is 67.4 cm³/mol. The summed E-state index contributed by atoms with van der Waals surface area (Å²) in [7, 11) is -2.79. The first-order valence-electron chi connectivity index (χ1n) is 5.35. The Morgan fingerprint density at radius 1 is 1.38 bits per heavy atom. The molecule has 4 N–H and O–H groups in total. The number of nitrogens with one attached hydrogen (secondary N) is 2. The molecule has 0 saturated heterocycles. The van der Waals surface area contributed by atoms with Gasteiger partial charge >= 0.3 is 12.2 Å². The van der Waals surface area contributed by atoms with Crippen molar-refractivity contribution in [2.24, 2.45) is 5.14 Å². The zero-order chi connectivity index (χ0) is 16.3. The Hall–Kier alpha value is -2.01. The van der Waals surface area contributed by atoms with E-state index in [2.05, 4.69) is 5.32 Å².